The van der Waals surface area contributed by atoms with Gasteiger partial charge in [-0.25, -0.2) is 0 Å². The first-order chi connectivity index (χ1) is 7.59. The average molecular weight is 236 g/mol. The van der Waals surface area contributed by atoms with Crippen molar-refractivity contribution in [2.75, 3.05) is 7.11 Å². The second-order valence-corrected chi connectivity index (χ2v) is 6.54. The second-order valence-electron chi connectivity index (χ2n) is 6.54. The highest BCUT2D eigenvalue weighted by atomic mass is 16.5. The largest absolute Gasteiger partial charge is 0.504 e. The summed E-state index contributed by atoms with van der Waals surface area (Å²) in [6.45, 7) is 12.9. The van der Waals surface area contributed by atoms with Gasteiger partial charge in [0.15, 0.2) is 11.5 Å². The van der Waals surface area contributed by atoms with Crippen LogP contribution in [-0.2, 0) is 10.8 Å². The van der Waals surface area contributed by atoms with Gasteiger partial charge in [-0.3, -0.25) is 0 Å². The van der Waals surface area contributed by atoms with Gasteiger partial charge in [0, 0.05) is 5.56 Å². The van der Waals surface area contributed by atoms with Gasteiger partial charge in [0.25, 0.3) is 0 Å². The van der Waals surface area contributed by atoms with E-state index in [1.165, 1.54) is 5.56 Å². The summed E-state index contributed by atoms with van der Waals surface area (Å²) in [4.78, 5) is 0. The summed E-state index contributed by atoms with van der Waals surface area (Å²) in [6.07, 6.45) is 0. The maximum absolute atomic E-state index is 9.92. The summed E-state index contributed by atoms with van der Waals surface area (Å²) in [7, 11) is 1.61. The van der Waals surface area contributed by atoms with Crippen molar-refractivity contribution >= 4 is 0 Å². The summed E-state index contributed by atoms with van der Waals surface area (Å²) in [5.41, 5.74) is 2.28. The highest BCUT2D eigenvalue weighted by molar-refractivity contribution is 5.54. The number of phenolic OH excluding ortho intramolecular Hbond substituents is 1. The molecular weight excluding hydrogens is 212 g/mol. The monoisotopic (exact) mass is 236 g/mol. The molecule has 0 saturated carbocycles. The van der Waals surface area contributed by atoms with E-state index in [1.54, 1.807) is 13.2 Å². The molecule has 0 fully saturated rings. The number of benzene rings is 1. The third-order valence-electron chi connectivity index (χ3n) is 2.90. The van der Waals surface area contributed by atoms with Crippen LogP contribution in [0.5, 0.6) is 11.5 Å². The maximum Gasteiger partial charge on any atom is 0.164 e. The van der Waals surface area contributed by atoms with E-state index in [0.717, 1.165) is 5.56 Å². The Hall–Kier alpha value is -1.18. The zero-order valence-electron chi connectivity index (χ0n) is 12.0. The third-order valence-corrected chi connectivity index (χ3v) is 2.90. The summed E-state index contributed by atoms with van der Waals surface area (Å²) < 4.78 is 5.39. The molecule has 1 aromatic carbocycles. The van der Waals surface area contributed by atoms with E-state index < -0.39 is 0 Å². The molecule has 0 aromatic heterocycles. The molecule has 2 nitrogen and oxygen atoms in total. The van der Waals surface area contributed by atoms with Gasteiger partial charge >= 0.3 is 0 Å². The SMILES string of the molecule is COc1c(O)ccc(C(C)(C)C)c1C(C)(C)C. The molecule has 0 radical (unpaired) electrons. The van der Waals surface area contributed by atoms with Gasteiger partial charge in [-0.2, -0.15) is 0 Å². The first-order valence-electron chi connectivity index (χ1n) is 6.00. The van der Waals surface area contributed by atoms with E-state index in [-0.39, 0.29) is 16.6 Å². The van der Waals surface area contributed by atoms with Crippen molar-refractivity contribution in [2.45, 2.75) is 52.4 Å². The molecule has 0 saturated heterocycles. The first kappa shape index (κ1) is 13.9. The van der Waals surface area contributed by atoms with Crippen molar-refractivity contribution < 1.29 is 9.84 Å². The lowest BCUT2D eigenvalue weighted by Crippen LogP contribution is -2.22. The van der Waals surface area contributed by atoms with E-state index in [9.17, 15) is 5.11 Å². The third kappa shape index (κ3) is 2.74. The minimum atomic E-state index is -0.0628. The first-order valence-corrected chi connectivity index (χ1v) is 6.00. The van der Waals surface area contributed by atoms with Gasteiger partial charge in [-0.05, 0) is 22.5 Å². The molecule has 1 N–H and O–H groups in total. The number of methoxy groups -OCH3 is 1. The zero-order chi connectivity index (χ0) is 13.4. The van der Waals surface area contributed by atoms with Crippen LogP contribution < -0.4 is 4.74 Å². The topological polar surface area (TPSA) is 29.5 Å². The van der Waals surface area contributed by atoms with Crippen LogP contribution in [0, 0.1) is 0 Å². The highest BCUT2D eigenvalue weighted by Crippen LogP contribution is 2.43. The summed E-state index contributed by atoms with van der Waals surface area (Å²) >= 11 is 0. The number of hydrogen-bond donors (Lipinski definition) is 1. The Bertz CT molecular complexity index is 406. The molecule has 0 atom stereocenters. The van der Waals surface area contributed by atoms with Gasteiger partial charge in [0.1, 0.15) is 0 Å². The predicted octanol–water partition coefficient (Wildman–Crippen LogP) is 4.00. The number of ether oxygens (including phenoxy) is 1. The molecular formula is C15H24O2. The van der Waals surface area contributed by atoms with E-state index in [2.05, 4.69) is 41.5 Å². The number of aromatic hydroxyl groups is 1. The van der Waals surface area contributed by atoms with Crippen LogP contribution in [0.1, 0.15) is 52.7 Å². The Morgan fingerprint density at radius 1 is 0.941 bits per heavy atom. The molecule has 0 amide bonds. The highest BCUT2D eigenvalue weighted by Gasteiger charge is 2.29. The predicted molar refractivity (Wildman–Crippen MR) is 72.1 cm³/mol. The molecule has 0 spiro atoms. The summed E-state index contributed by atoms with van der Waals surface area (Å²) in [6, 6.07) is 3.72. The van der Waals surface area contributed by atoms with Crippen LogP contribution in [-0.4, -0.2) is 12.2 Å². The maximum atomic E-state index is 9.92. The van der Waals surface area contributed by atoms with Crippen molar-refractivity contribution in [1.82, 2.24) is 0 Å². The Balaban J connectivity index is 3.64. The lowest BCUT2D eigenvalue weighted by atomic mass is 9.74. The van der Waals surface area contributed by atoms with E-state index in [0.29, 0.717) is 5.75 Å². The van der Waals surface area contributed by atoms with Crippen molar-refractivity contribution in [1.29, 1.82) is 0 Å². The van der Waals surface area contributed by atoms with Gasteiger partial charge in [0.2, 0.25) is 0 Å². The second kappa shape index (κ2) is 4.25. The van der Waals surface area contributed by atoms with Crippen molar-refractivity contribution in [2.24, 2.45) is 0 Å². The van der Waals surface area contributed by atoms with Gasteiger partial charge < -0.3 is 9.84 Å². The van der Waals surface area contributed by atoms with Crippen LogP contribution >= 0.6 is 0 Å². The van der Waals surface area contributed by atoms with E-state index >= 15 is 0 Å². The molecule has 0 unspecified atom stereocenters. The van der Waals surface area contributed by atoms with E-state index in [1.807, 2.05) is 6.07 Å². The summed E-state index contributed by atoms with van der Waals surface area (Å²) in [5.74, 6) is 0.815. The van der Waals surface area contributed by atoms with Crippen molar-refractivity contribution in [3.63, 3.8) is 0 Å². The fourth-order valence-corrected chi connectivity index (χ4v) is 2.15. The molecule has 0 heterocycles. The van der Waals surface area contributed by atoms with Gasteiger partial charge in [-0.1, -0.05) is 47.6 Å². The van der Waals surface area contributed by atoms with E-state index in [4.69, 9.17) is 4.74 Å². The standard InChI is InChI=1S/C15H24O2/c1-14(2,3)10-8-9-11(16)13(17-7)12(10)15(4,5)6/h8-9,16H,1-7H3. The van der Waals surface area contributed by atoms with Crippen LogP contribution in [0.15, 0.2) is 12.1 Å². The quantitative estimate of drug-likeness (QED) is 0.798. The molecule has 1 rings (SSSR count). The molecule has 2 heteroatoms. The Kier molecular flexibility index (Phi) is 3.47. The fourth-order valence-electron chi connectivity index (χ4n) is 2.15. The molecule has 0 bridgehead atoms. The fraction of sp³-hybridized carbons (Fsp3) is 0.600. The summed E-state index contributed by atoms with van der Waals surface area (Å²) in [5, 5.41) is 9.92. The molecule has 0 aliphatic rings. The Morgan fingerprint density at radius 3 is 1.82 bits per heavy atom. The normalized spacial score (nSPS) is 12.6. The van der Waals surface area contributed by atoms with Crippen LogP contribution in [0.3, 0.4) is 0 Å². The molecule has 0 aliphatic heterocycles. The van der Waals surface area contributed by atoms with Crippen LogP contribution in [0.25, 0.3) is 0 Å². The number of phenols is 1. The zero-order valence-corrected chi connectivity index (χ0v) is 12.0. The van der Waals surface area contributed by atoms with Crippen LogP contribution in [0.2, 0.25) is 0 Å². The van der Waals surface area contributed by atoms with Gasteiger partial charge in [-0.15, -0.1) is 0 Å². The van der Waals surface area contributed by atoms with Crippen LogP contribution in [0.4, 0.5) is 0 Å². The number of rotatable bonds is 1. The van der Waals surface area contributed by atoms with Crippen molar-refractivity contribution in [3.8, 4) is 11.5 Å². The Morgan fingerprint density at radius 2 is 1.47 bits per heavy atom. The number of hydrogen-bond acceptors (Lipinski definition) is 2. The smallest absolute Gasteiger partial charge is 0.164 e. The molecule has 96 valence electrons. The lowest BCUT2D eigenvalue weighted by molar-refractivity contribution is 0.356. The Labute approximate surface area is 105 Å². The minimum absolute atomic E-state index is 0.0313. The molecule has 1 aromatic rings. The lowest BCUT2D eigenvalue weighted by Gasteiger charge is -2.31. The molecule has 17 heavy (non-hydrogen) atoms. The van der Waals surface area contributed by atoms with Crippen molar-refractivity contribution in [3.05, 3.63) is 23.3 Å². The molecule has 0 aliphatic carbocycles. The van der Waals surface area contributed by atoms with Gasteiger partial charge in [0.05, 0.1) is 7.11 Å². The average Bonchev–Trinajstić information content (AvgIpc) is 2.13. The minimum Gasteiger partial charge on any atom is -0.504 e.